The van der Waals surface area contributed by atoms with Gasteiger partial charge < -0.3 is 14.8 Å². The molecule has 0 radical (unpaired) electrons. The summed E-state index contributed by atoms with van der Waals surface area (Å²) in [5.41, 5.74) is 0.529. The van der Waals surface area contributed by atoms with Gasteiger partial charge in [-0.05, 0) is 37.7 Å². The van der Waals surface area contributed by atoms with Crippen LogP contribution in [0.5, 0.6) is 11.5 Å². The highest BCUT2D eigenvalue weighted by atomic mass is 16.5. The topological polar surface area (TPSA) is 134 Å². The van der Waals surface area contributed by atoms with Crippen LogP contribution >= 0.6 is 0 Å². The first kappa shape index (κ1) is 26.4. The van der Waals surface area contributed by atoms with Crippen LogP contribution in [0.25, 0.3) is 0 Å². The summed E-state index contributed by atoms with van der Waals surface area (Å²) in [5.74, 6) is -2.56. The monoisotopic (exact) mass is 496 g/mol. The maximum absolute atomic E-state index is 13.3. The summed E-state index contributed by atoms with van der Waals surface area (Å²) in [6.45, 7) is 4.38. The van der Waals surface area contributed by atoms with Gasteiger partial charge in [-0.25, -0.2) is 4.79 Å². The van der Waals surface area contributed by atoms with Crippen molar-refractivity contribution in [2.45, 2.75) is 39.4 Å². The van der Waals surface area contributed by atoms with Crippen LogP contribution in [-0.2, 0) is 14.4 Å². The van der Waals surface area contributed by atoms with Crippen LogP contribution in [0.3, 0.4) is 0 Å². The number of ether oxygens (including phenoxy) is 2. The maximum Gasteiger partial charge on any atom is 0.332 e. The van der Waals surface area contributed by atoms with Crippen molar-refractivity contribution in [2.24, 2.45) is 0 Å². The number of imide groups is 1. The van der Waals surface area contributed by atoms with Gasteiger partial charge in [-0.3, -0.25) is 34.3 Å². The van der Waals surface area contributed by atoms with Gasteiger partial charge in [0.15, 0.2) is 0 Å². The molecular weight excluding hydrogens is 468 g/mol. The fourth-order valence-electron chi connectivity index (χ4n) is 3.90. The van der Waals surface area contributed by atoms with Crippen molar-refractivity contribution in [1.29, 1.82) is 0 Å². The molecule has 2 aromatic carbocycles. The van der Waals surface area contributed by atoms with E-state index in [2.05, 4.69) is 10.6 Å². The molecule has 1 saturated heterocycles. The van der Waals surface area contributed by atoms with Gasteiger partial charge in [0.1, 0.15) is 23.7 Å². The standard InChI is InChI=1S/C25H28N4O7/c1-5-11-28-24(33)21(22(26-4)29(25(28)34)18-9-7-6-8-10-18)27-23(32)17-12-19(35-15(2)30)14-20(13-17)36-16(3)31/h6-10,12-14,21-22,26H,5,11H2,1-4H3,(H,27,32). The second-order valence-corrected chi connectivity index (χ2v) is 8.04. The molecule has 2 atom stereocenters. The van der Waals surface area contributed by atoms with E-state index in [1.807, 2.05) is 6.92 Å². The lowest BCUT2D eigenvalue weighted by atomic mass is 10.1. The lowest BCUT2D eigenvalue weighted by Gasteiger charge is -2.44. The van der Waals surface area contributed by atoms with Crippen molar-refractivity contribution in [1.82, 2.24) is 15.5 Å². The number of carbonyl (C=O) groups excluding carboxylic acids is 5. The number of para-hydroxylation sites is 1. The normalized spacial score (nSPS) is 17.6. The molecular formula is C25H28N4O7. The van der Waals surface area contributed by atoms with Crippen molar-refractivity contribution in [3.63, 3.8) is 0 Å². The second kappa shape index (κ2) is 11.5. The van der Waals surface area contributed by atoms with E-state index in [1.54, 1.807) is 37.4 Å². The van der Waals surface area contributed by atoms with Gasteiger partial charge in [0.25, 0.3) is 11.8 Å². The molecule has 0 saturated carbocycles. The van der Waals surface area contributed by atoms with Crippen molar-refractivity contribution in [3.05, 3.63) is 54.1 Å². The van der Waals surface area contributed by atoms with Crippen molar-refractivity contribution in [3.8, 4) is 11.5 Å². The van der Waals surface area contributed by atoms with E-state index in [1.165, 1.54) is 36.9 Å². The number of carbonyl (C=O) groups is 5. The molecule has 36 heavy (non-hydrogen) atoms. The third-order valence-electron chi connectivity index (χ3n) is 5.29. The first-order chi connectivity index (χ1) is 17.2. The molecule has 1 aliphatic rings. The largest absolute Gasteiger partial charge is 0.427 e. The molecule has 11 nitrogen and oxygen atoms in total. The van der Waals surface area contributed by atoms with E-state index in [4.69, 9.17) is 9.47 Å². The average molecular weight is 497 g/mol. The van der Waals surface area contributed by atoms with E-state index < -0.39 is 42.0 Å². The number of hydrogen-bond acceptors (Lipinski definition) is 8. The van der Waals surface area contributed by atoms with Gasteiger partial charge in [0, 0.05) is 37.7 Å². The van der Waals surface area contributed by atoms with Gasteiger partial charge in [-0.1, -0.05) is 25.1 Å². The van der Waals surface area contributed by atoms with Crippen LogP contribution in [0.4, 0.5) is 10.5 Å². The molecule has 0 aromatic heterocycles. The molecule has 0 spiro atoms. The molecule has 1 aliphatic heterocycles. The molecule has 4 amide bonds. The Kier molecular flexibility index (Phi) is 8.38. The summed E-state index contributed by atoms with van der Waals surface area (Å²) in [6, 6.07) is 11.0. The molecule has 0 aliphatic carbocycles. The molecule has 0 bridgehead atoms. The molecule has 3 rings (SSSR count). The summed E-state index contributed by atoms with van der Waals surface area (Å²) in [5, 5.41) is 5.65. The Morgan fingerprint density at radius 1 is 0.944 bits per heavy atom. The Hall–Kier alpha value is -4.25. The Morgan fingerprint density at radius 2 is 1.53 bits per heavy atom. The maximum atomic E-state index is 13.3. The fourth-order valence-corrected chi connectivity index (χ4v) is 3.90. The molecule has 2 unspecified atom stereocenters. The number of nitrogens with one attached hydrogen (secondary N) is 2. The first-order valence-corrected chi connectivity index (χ1v) is 11.4. The zero-order chi connectivity index (χ0) is 26.4. The minimum atomic E-state index is -1.15. The number of urea groups is 1. The van der Waals surface area contributed by atoms with Gasteiger partial charge in [-0.15, -0.1) is 0 Å². The van der Waals surface area contributed by atoms with Crippen molar-refractivity contribution >= 4 is 35.5 Å². The van der Waals surface area contributed by atoms with Crippen LogP contribution < -0.4 is 25.0 Å². The number of esters is 2. The van der Waals surface area contributed by atoms with E-state index in [0.29, 0.717) is 12.1 Å². The zero-order valence-electron chi connectivity index (χ0n) is 20.4. The smallest absolute Gasteiger partial charge is 0.332 e. The van der Waals surface area contributed by atoms with Crippen LogP contribution in [0.15, 0.2) is 48.5 Å². The van der Waals surface area contributed by atoms with Crippen molar-refractivity contribution < 1.29 is 33.4 Å². The Bertz CT molecular complexity index is 1130. The summed E-state index contributed by atoms with van der Waals surface area (Å²) in [6.07, 6.45) is -0.365. The Labute approximate surface area is 208 Å². The van der Waals surface area contributed by atoms with Crippen LogP contribution in [0.2, 0.25) is 0 Å². The quantitative estimate of drug-likeness (QED) is 0.419. The summed E-state index contributed by atoms with van der Waals surface area (Å²) >= 11 is 0. The number of nitrogens with zero attached hydrogens (tertiary/aromatic N) is 2. The van der Waals surface area contributed by atoms with E-state index in [-0.39, 0.29) is 23.6 Å². The lowest BCUT2D eigenvalue weighted by Crippen LogP contribution is -2.72. The SMILES string of the molecule is CCCN1C(=O)C(NC(=O)c2cc(OC(C)=O)cc(OC(C)=O)c2)C(NC)N(c2ccccc2)C1=O. The number of amides is 4. The van der Waals surface area contributed by atoms with E-state index >= 15 is 0 Å². The average Bonchev–Trinajstić information content (AvgIpc) is 2.82. The Morgan fingerprint density at radius 3 is 2.03 bits per heavy atom. The predicted molar refractivity (Wildman–Crippen MR) is 129 cm³/mol. The van der Waals surface area contributed by atoms with Crippen LogP contribution in [-0.4, -0.2) is 60.5 Å². The lowest BCUT2D eigenvalue weighted by molar-refractivity contribution is -0.133. The molecule has 2 aromatic rings. The highest BCUT2D eigenvalue weighted by Gasteiger charge is 2.47. The minimum absolute atomic E-state index is 0.0137. The van der Waals surface area contributed by atoms with Gasteiger partial charge in [0.2, 0.25) is 0 Å². The minimum Gasteiger partial charge on any atom is -0.427 e. The van der Waals surface area contributed by atoms with Crippen LogP contribution in [0, 0.1) is 0 Å². The van der Waals surface area contributed by atoms with Crippen LogP contribution in [0.1, 0.15) is 37.6 Å². The Balaban J connectivity index is 1.99. The number of anilines is 1. The number of rotatable bonds is 8. The van der Waals surface area contributed by atoms with Gasteiger partial charge >= 0.3 is 18.0 Å². The summed E-state index contributed by atoms with van der Waals surface area (Å²) in [4.78, 5) is 65.3. The number of likely N-dealkylation sites (N-methyl/N-ethyl adjacent to an activating group) is 1. The molecule has 1 fully saturated rings. The molecule has 1 heterocycles. The number of hydrogen-bond donors (Lipinski definition) is 2. The third kappa shape index (κ3) is 5.87. The van der Waals surface area contributed by atoms with E-state index in [0.717, 1.165) is 4.90 Å². The predicted octanol–water partition coefficient (Wildman–Crippen LogP) is 2.06. The molecule has 190 valence electrons. The number of benzene rings is 2. The third-order valence-corrected chi connectivity index (χ3v) is 5.29. The van der Waals surface area contributed by atoms with E-state index in [9.17, 15) is 24.0 Å². The highest BCUT2D eigenvalue weighted by Crippen LogP contribution is 2.27. The second-order valence-electron chi connectivity index (χ2n) is 8.04. The summed E-state index contributed by atoms with van der Waals surface area (Å²) in [7, 11) is 1.58. The van der Waals surface area contributed by atoms with Gasteiger partial charge in [0.05, 0.1) is 0 Å². The first-order valence-electron chi connectivity index (χ1n) is 11.4. The fraction of sp³-hybridized carbons (Fsp3) is 0.320. The molecule has 11 heteroatoms. The van der Waals surface area contributed by atoms with Crippen molar-refractivity contribution in [2.75, 3.05) is 18.5 Å². The van der Waals surface area contributed by atoms with Gasteiger partial charge in [-0.2, -0.15) is 0 Å². The molecule has 2 N–H and O–H groups in total. The summed E-state index contributed by atoms with van der Waals surface area (Å²) < 4.78 is 10.1. The zero-order valence-corrected chi connectivity index (χ0v) is 20.4. The highest BCUT2D eigenvalue weighted by molar-refractivity contribution is 6.10.